The lowest BCUT2D eigenvalue weighted by molar-refractivity contribution is -0.108. The average Bonchev–Trinajstić information content (AvgIpc) is 2.53. The van der Waals surface area contributed by atoms with Crippen LogP contribution < -0.4 is 0 Å². The molecule has 0 saturated heterocycles. The fourth-order valence-corrected chi connectivity index (χ4v) is 4.85. The van der Waals surface area contributed by atoms with E-state index in [1.807, 2.05) is 0 Å². The monoisotopic (exact) mass is 408 g/mol. The molecule has 0 aromatic heterocycles. The first-order valence-electron chi connectivity index (χ1n) is 12.2. The van der Waals surface area contributed by atoms with Crippen LogP contribution >= 0.6 is 0 Å². The topological polar surface area (TPSA) is 17.1 Å². The minimum absolute atomic E-state index is 0.223. The lowest BCUT2D eigenvalue weighted by atomic mass is 9.52. The molecule has 0 aliphatic heterocycles. The Bertz CT molecular complexity index is 504. The highest BCUT2D eigenvalue weighted by Gasteiger charge is 2.47. The van der Waals surface area contributed by atoms with Crippen molar-refractivity contribution in [2.45, 2.75) is 129 Å². The molecule has 0 spiro atoms. The number of carbonyl (C=O) groups excluding carboxylic acids is 1. The minimum atomic E-state index is 0.223. The van der Waals surface area contributed by atoms with E-state index in [2.05, 4.69) is 96.9 Å². The Morgan fingerprint density at radius 2 is 1.07 bits per heavy atom. The van der Waals surface area contributed by atoms with Crippen LogP contribution in [0.5, 0.6) is 0 Å². The van der Waals surface area contributed by atoms with Crippen LogP contribution in [0.2, 0.25) is 0 Å². The quantitative estimate of drug-likeness (QED) is 0.219. The standard InChI is InChI=1S/C28H56O/c1-21(2)24(5,6)19-22(3)28(13,14)26(9,10)20-23(4)27(11,12)25(7,8)17-15-16-18-29/h18,21-23H,15-17,19-20H2,1-14H3. The summed E-state index contributed by atoms with van der Waals surface area (Å²) in [5, 5.41) is 0. The maximum Gasteiger partial charge on any atom is 0.119 e. The van der Waals surface area contributed by atoms with Gasteiger partial charge in [0.15, 0.2) is 0 Å². The van der Waals surface area contributed by atoms with Crippen molar-refractivity contribution in [1.82, 2.24) is 0 Å². The Morgan fingerprint density at radius 1 is 0.655 bits per heavy atom. The van der Waals surface area contributed by atoms with Gasteiger partial charge in [-0.25, -0.2) is 0 Å². The molecule has 1 nitrogen and oxygen atoms in total. The summed E-state index contributed by atoms with van der Waals surface area (Å²) in [7, 11) is 0. The predicted molar refractivity (Wildman–Crippen MR) is 131 cm³/mol. The summed E-state index contributed by atoms with van der Waals surface area (Å²) in [5.41, 5.74) is 1.35. The molecule has 174 valence electrons. The van der Waals surface area contributed by atoms with E-state index in [4.69, 9.17) is 0 Å². The van der Waals surface area contributed by atoms with E-state index < -0.39 is 0 Å². The normalized spacial score (nSPS) is 16.8. The van der Waals surface area contributed by atoms with Crippen LogP contribution in [-0.4, -0.2) is 6.29 Å². The molecule has 0 radical (unpaired) electrons. The van der Waals surface area contributed by atoms with Crippen molar-refractivity contribution in [3.8, 4) is 0 Å². The second-order valence-electron chi connectivity index (χ2n) is 13.6. The van der Waals surface area contributed by atoms with Crippen molar-refractivity contribution in [2.75, 3.05) is 0 Å². The van der Waals surface area contributed by atoms with E-state index in [0.29, 0.717) is 29.6 Å². The van der Waals surface area contributed by atoms with Crippen LogP contribution in [0.1, 0.15) is 129 Å². The summed E-state index contributed by atoms with van der Waals surface area (Å²) in [6.07, 6.45) is 6.38. The zero-order chi connectivity index (χ0) is 23.5. The molecule has 29 heavy (non-hydrogen) atoms. The lowest BCUT2D eigenvalue weighted by Gasteiger charge is -2.53. The predicted octanol–water partition coefficient (Wildman–Crippen LogP) is 9.20. The van der Waals surface area contributed by atoms with Crippen molar-refractivity contribution >= 4 is 6.29 Å². The van der Waals surface area contributed by atoms with Gasteiger partial charge in [-0.2, -0.15) is 0 Å². The van der Waals surface area contributed by atoms with Crippen LogP contribution in [0.15, 0.2) is 0 Å². The largest absolute Gasteiger partial charge is 0.303 e. The van der Waals surface area contributed by atoms with Gasteiger partial charge in [0.1, 0.15) is 6.29 Å². The van der Waals surface area contributed by atoms with Crippen molar-refractivity contribution in [2.24, 2.45) is 44.8 Å². The number of hydrogen-bond donors (Lipinski definition) is 0. The van der Waals surface area contributed by atoms with Gasteiger partial charge in [-0.1, -0.05) is 96.9 Å². The van der Waals surface area contributed by atoms with Crippen LogP contribution in [-0.2, 0) is 4.79 Å². The third-order valence-electron chi connectivity index (χ3n) is 10.3. The molecule has 2 unspecified atom stereocenters. The highest BCUT2D eigenvalue weighted by Crippen LogP contribution is 2.56. The first kappa shape index (κ1) is 28.7. The molecule has 0 heterocycles. The molecule has 2 atom stereocenters. The van der Waals surface area contributed by atoms with Gasteiger partial charge in [-0.15, -0.1) is 0 Å². The second-order valence-corrected chi connectivity index (χ2v) is 13.6. The third-order valence-corrected chi connectivity index (χ3v) is 10.3. The van der Waals surface area contributed by atoms with Gasteiger partial charge in [0.25, 0.3) is 0 Å². The molecule has 0 aliphatic carbocycles. The molecule has 0 saturated carbocycles. The minimum Gasteiger partial charge on any atom is -0.303 e. The molecule has 0 aromatic rings. The molecule has 0 rings (SSSR count). The summed E-state index contributed by atoms with van der Waals surface area (Å²) < 4.78 is 0. The summed E-state index contributed by atoms with van der Waals surface area (Å²) in [6, 6.07) is 0. The zero-order valence-corrected chi connectivity index (χ0v) is 22.8. The summed E-state index contributed by atoms with van der Waals surface area (Å²) in [4.78, 5) is 10.8. The van der Waals surface area contributed by atoms with Gasteiger partial charge in [-0.3, -0.25) is 0 Å². The summed E-state index contributed by atoms with van der Waals surface area (Å²) >= 11 is 0. The summed E-state index contributed by atoms with van der Waals surface area (Å²) in [5.74, 6) is 1.99. The number of hydrogen-bond acceptors (Lipinski definition) is 1. The van der Waals surface area contributed by atoms with E-state index in [1.54, 1.807) is 0 Å². The van der Waals surface area contributed by atoms with Crippen molar-refractivity contribution in [1.29, 1.82) is 0 Å². The molecule has 1 heteroatoms. The molecular weight excluding hydrogens is 352 g/mol. The SMILES string of the molecule is CC(C)C(C)(C)CC(C)C(C)(C)C(C)(C)CC(C)C(C)(C)C(C)(C)CCCC=O. The fourth-order valence-electron chi connectivity index (χ4n) is 4.85. The maximum atomic E-state index is 10.8. The van der Waals surface area contributed by atoms with E-state index in [0.717, 1.165) is 19.1 Å². The lowest BCUT2D eigenvalue weighted by Crippen LogP contribution is -2.45. The molecule has 0 aliphatic rings. The third kappa shape index (κ3) is 6.83. The van der Waals surface area contributed by atoms with Crippen LogP contribution in [0.4, 0.5) is 0 Å². The van der Waals surface area contributed by atoms with Gasteiger partial charge in [-0.05, 0) is 70.5 Å². The summed E-state index contributed by atoms with van der Waals surface area (Å²) in [6.45, 7) is 34.2. The van der Waals surface area contributed by atoms with E-state index in [1.165, 1.54) is 12.8 Å². The Balaban J connectivity index is 5.45. The number of carbonyl (C=O) groups is 1. The van der Waals surface area contributed by atoms with Gasteiger partial charge in [0.05, 0.1) is 0 Å². The highest BCUT2D eigenvalue weighted by atomic mass is 16.1. The number of rotatable bonds is 13. The van der Waals surface area contributed by atoms with Crippen molar-refractivity contribution < 1.29 is 4.79 Å². The fraction of sp³-hybridized carbons (Fsp3) is 0.964. The van der Waals surface area contributed by atoms with Crippen molar-refractivity contribution in [3.05, 3.63) is 0 Å². The van der Waals surface area contributed by atoms with Crippen LogP contribution in [0.3, 0.4) is 0 Å². The molecule has 0 aromatic carbocycles. The number of aldehydes is 1. The molecule has 0 bridgehead atoms. The van der Waals surface area contributed by atoms with E-state index >= 15 is 0 Å². The van der Waals surface area contributed by atoms with Crippen molar-refractivity contribution in [3.63, 3.8) is 0 Å². The first-order valence-corrected chi connectivity index (χ1v) is 12.2. The Labute approximate surface area is 185 Å². The van der Waals surface area contributed by atoms with E-state index in [-0.39, 0.29) is 21.7 Å². The van der Waals surface area contributed by atoms with E-state index in [9.17, 15) is 4.79 Å². The molecular formula is C28H56O. The van der Waals surface area contributed by atoms with Crippen LogP contribution in [0.25, 0.3) is 0 Å². The smallest absolute Gasteiger partial charge is 0.119 e. The highest BCUT2D eigenvalue weighted by molar-refractivity contribution is 5.48. The van der Waals surface area contributed by atoms with Gasteiger partial charge < -0.3 is 4.79 Å². The van der Waals surface area contributed by atoms with Gasteiger partial charge >= 0.3 is 0 Å². The Kier molecular flexibility index (Phi) is 9.75. The molecule has 0 amide bonds. The average molecular weight is 409 g/mol. The second kappa shape index (κ2) is 9.86. The zero-order valence-electron chi connectivity index (χ0n) is 22.8. The molecule has 0 N–H and O–H groups in total. The Hall–Kier alpha value is -0.330. The first-order chi connectivity index (χ1) is 12.8. The Morgan fingerprint density at radius 3 is 1.48 bits per heavy atom. The van der Waals surface area contributed by atoms with Gasteiger partial charge in [0, 0.05) is 6.42 Å². The molecule has 0 fully saturated rings. The van der Waals surface area contributed by atoms with Gasteiger partial charge in [0.2, 0.25) is 0 Å². The maximum absolute atomic E-state index is 10.8. The number of unbranched alkanes of at least 4 members (excludes halogenated alkanes) is 1. The van der Waals surface area contributed by atoms with Crippen LogP contribution in [0, 0.1) is 44.8 Å².